The van der Waals surface area contributed by atoms with Crippen LogP contribution in [0.1, 0.15) is 34.6 Å². The van der Waals surface area contributed by atoms with Crippen LogP contribution >= 0.6 is 0 Å². The molecule has 1 unspecified atom stereocenters. The molecule has 0 heterocycles. The molecule has 0 bridgehead atoms. The van der Waals surface area contributed by atoms with Crippen LogP contribution in [0.4, 0.5) is 11.4 Å². The summed E-state index contributed by atoms with van der Waals surface area (Å²) in [6.45, 7) is 2.82. The van der Waals surface area contributed by atoms with Crippen LogP contribution in [0.25, 0.3) is 0 Å². The summed E-state index contributed by atoms with van der Waals surface area (Å²) in [6, 6.07) is 18.0. The molecule has 0 aromatic heterocycles. The minimum Gasteiger partial charge on any atom is -0.495 e. The van der Waals surface area contributed by atoms with Crippen LogP contribution in [0, 0.1) is 0 Å². The molecule has 0 aliphatic carbocycles. The van der Waals surface area contributed by atoms with E-state index in [0.717, 1.165) is 6.07 Å². The molecular weight excluding hydrogens is 472 g/mol. The summed E-state index contributed by atoms with van der Waals surface area (Å²) in [5.74, 6) is -1.22. The second kappa shape index (κ2) is 10.8. The van der Waals surface area contributed by atoms with Crippen LogP contribution in [-0.4, -0.2) is 39.3 Å². The standard InChI is InChI=1S/C25H24N2O7S/c1-16(28)18-11-13-20(14-12-18)26-24(29)17(2)34-25(30)19-7-6-8-21(15-19)35(31,32)27-22-9-4-5-10-23(22)33-3/h4-15,17,27H,1-3H3,(H,26,29). The molecule has 0 aliphatic rings. The lowest BCUT2D eigenvalue weighted by atomic mass is 10.1. The van der Waals surface area contributed by atoms with Gasteiger partial charge in [0, 0.05) is 11.3 Å². The van der Waals surface area contributed by atoms with Crippen LogP contribution < -0.4 is 14.8 Å². The van der Waals surface area contributed by atoms with Crippen molar-refractivity contribution in [3.8, 4) is 5.75 Å². The zero-order valence-corrected chi connectivity index (χ0v) is 20.1. The Labute approximate surface area is 203 Å². The van der Waals surface area contributed by atoms with E-state index < -0.39 is 28.0 Å². The summed E-state index contributed by atoms with van der Waals surface area (Å²) in [7, 11) is -2.62. The number of benzene rings is 3. The molecule has 1 atom stereocenters. The molecule has 9 nitrogen and oxygen atoms in total. The largest absolute Gasteiger partial charge is 0.495 e. The second-order valence-corrected chi connectivity index (χ2v) is 9.19. The lowest BCUT2D eigenvalue weighted by molar-refractivity contribution is -0.123. The zero-order valence-electron chi connectivity index (χ0n) is 19.3. The van der Waals surface area contributed by atoms with Crippen molar-refractivity contribution in [1.82, 2.24) is 0 Å². The van der Waals surface area contributed by atoms with Gasteiger partial charge >= 0.3 is 5.97 Å². The first-order chi connectivity index (χ1) is 16.6. The highest BCUT2D eigenvalue weighted by Gasteiger charge is 2.22. The highest BCUT2D eigenvalue weighted by molar-refractivity contribution is 7.92. The number of amides is 1. The smallest absolute Gasteiger partial charge is 0.338 e. The quantitative estimate of drug-likeness (QED) is 0.340. The minimum atomic E-state index is -4.04. The van der Waals surface area contributed by atoms with E-state index in [0.29, 0.717) is 17.0 Å². The summed E-state index contributed by atoms with van der Waals surface area (Å²) in [5.41, 5.74) is 1.12. The van der Waals surface area contributed by atoms with Gasteiger partial charge in [0.05, 0.1) is 23.3 Å². The van der Waals surface area contributed by atoms with Gasteiger partial charge in [-0.15, -0.1) is 0 Å². The number of esters is 1. The molecule has 3 aromatic rings. The summed E-state index contributed by atoms with van der Waals surface area (Å²) < 4.78 is 38.5. The van der Waals surface area contributed by atoms with Crippen LogP contribution in [-0.2, 0) is 19.6 Å². The third kappa shape index (κ3) is 6.45. The Morgan fingerprint density at radius 2 is 1.57 bits per heavy atom. The van der Waals surface area contributed by atoms with E-state index in [1.165, 1.54) is 39.2 Å². The van der Waals surface area contributed by atoms with Crippen LogP contribution in [0.5, 0.6) is 5.75 Å². The lowest BCUT2D eigenvalue weighted by Crippen LogP contribution is -2.30. The van der Waals surface area contributed by atoms with Crippen molar-refractivity contribution >= 4 is 39.1 Å². The number of nitrogens with one attached hydrogen (secondary N) is 2. The fourth-order valence-electron chi connectivity index (χ4n) is 3.04. The molecule has 3 rings (SSSR count). The average Bonchev–Trinajstić information content (AvgIpc) is 2.84. The summed E-state index contributed by atoms with van der Waals surface area (Å²) in [5, 5.41) is 2.59. The monoisotopic (exact) mass is 496 g/mol. The molecule has 2 N–H and O–H groups in total. The number of sulfonamides is 1. The van der Waals surface area contributed by atoms with Crippen molar-refractivity contribution in [2.24, 2.45) is 0 Å². The molecule has 0 spiro atoms. The molecule has 0 fully saturated rings. The van der Waals surface area contributed by atoms with E-state index in [2.05, 4.69) is 10.0 Å². The van der Waals surface area contributed by atoms with E-state index in [1.54, 1.807) is 48.5 Å². The fourth-order valence-corrected chi connectivity index (χ4v) is 4.15. The predicted octanol–water partition coefficient (Wildman–Crippen LogP) is 3.88. The van der Waals surface area contributed by atoms with Gasteiger partial charge in [0.25, 0.3) is 15.9 Å². The summed E-state index contributed by atoms with van der Waals surface area (Å²) in [6.07, 6.45) is -1.16. The summed E-state index contributed by atoms with van der Waals surface area (Å²) >= 11 is 0. The van der Waals surface area contributed by atoms with E-state index >= 15 is 0 Å². The third-order valence-electron chi connectivity index (χ3n) is 4.94. The van der Waals surface area contributed by atoms with Crippen molar-refractivity contribution in [2.75, 3.05) is 17.1 Å². The average molecular weight is 497 g/mol. The third-order valence-corrected chi connectivity index (χ3v) is 6.31. The highest BCUT2D eigenvalue weighted by Crippen LogP contribution is 2.26. The molecule has 1 amide bonds. The summed E-state index contributed by atoms with van der Waals surface area (Å²) in [4.78, 5) is 36.2. The van der Waals surface area contributed by atoms with Crippen molar-refractivity contribution in [3.63, 3.8) is 0 Å². The predicted molar refractivity (Wildman–Crippen MR) is 130 cm³/mol. The molecule has 0 aliphatic heterocycles. The number of anilines is 2. The Balaban J connectivity index is 1.68. The van der Waals surface area contributed by atoms with Crippen molar-refractivity contribution < 1.29 is 32.3 Å². The van der Waals surface area contributed by atoms with Gasteiger partial charge in [-0.2, -0.15) is 0 Å². The topological polar surface area (TPSA) is 128 Å². The number of carbonyl (C=O) groups excluding carboxylic acids is 3. The number of para-hydroxylation sites is 2. The highest BCUT2D eigenvalue weighted by atomic mass is 32.2. The van der Waals surface area contributed by atoms with E-state index in [1.807, 2.05) is 0 Å². The van der Waals surface area contributed by atoms with E-state index in [-0.39, 0.29) is 21.9 Å². The number of hydrogen-bond donors (Lipinski definition) is 2. The molecular formula is C25H24N2O7S. The first kappa shape index (κ1) is 25.4. The van der Waals surface area contributed by atoms with Crippen LogP contribution in [0.3, 0.4) is 0 Å². The van der Waals surface area contributed by atoms with Gasteiger partial charge in [-0.25, -0.2) is 13.2 Å². The number of ketones is 1. The number of Topliss-reactive ketones (excluding diaryl/α,β-unsaturated/α-hetero) is 1. The molecule has 0 saturated carbocycles. The maximum Gasteiger partial charge on any atom is 0.338 e. The number of methoxy groups -OCH3 is 1. The molecule has 182 valence electrons. The van der Waals surface area contributed by atoms with Gasteiger partial charge < -0.3 is 14.8 Å². The molecule has 0 saturated heterocycles. The fraction of sp³-hybridized carbons (Fsp3) is 0.160. The normalized spacial score (nSPS) is 11.7. The molecule has 35 heavy (non-hydrogen) atoms. The number of rotatable bonds is 9. The van der Waals surface area contributed by atoms with Gasteiger partial charge in [0.1, 0.15) is 5.75 Å². The van der Waals surface area contributed by atoms with Crippen molar-refractivity contribution in [3.05, 3.63) is 83.9 Å². The van der Waals surface area contributed by atoms with Crippen molar-refractivity contribution in [2.45, 2.75) is 24.8 Å². The Bertz CT molecular complexity index is 1350. The molecule has 3 aromatic carbocycles. The second-order valence-electron chi connectivity index (χ2n) is 7.50. The number of carbonyl (C=O) groups is 3. The van der Waals surface area contributed by atoms with Gasteiger partial charge in [-0.05, 0) is 68.4 Å². The van der Waals surface area contributed by atoms with Gasteiger partial charge in [0.2, 0.25) is 0 Å². The van der Waals surface area contributed by atoms with Crippen LogP contribution in [0.2, 0.25) is 0 Å². The van der Waals surface area contributed by atoms with E-state index in [4.69, 9.17) is 9.47 Å². The lowest BCUT2D eigenvalue weighted by Gasteiger charge is -2.15. The van der Waals surface area contributed by atoms with Gasteiger partial charge in [-0.1, -0.05) is 18.2 Å². The van der Waals surface area contributed by atoms with Gasteiger partial charge in [0.15, 0.2) is 11.9 Å². The maximum atomic E-state index is 12.8. The number of hydrogen-bond acceptors (Lipinski definition) is 7. The van der Waals surface area contributed by atoms with E-state index in [9.17, 15) is 22.8 Å². The van der Waals surface area contributed by atoms with Crippen LogP contribution in [0.15, 0.2) is 77.7 Å². The SMILES string of the molecule is COc1ccccc1NS(=O)(=O)c1cccc(C(=O)OC(C)C(=O)Nc2ccc(C(C)=O)cc2)c1. The first-order valence-electron chi connectivity index (χ1n) is 10.5. The van der Waals surface area contributed by atoms with Gasteiger partial charge in [-0.3, -0.25) is 14.3 Å². The minimum absolute atomic E-state index is 0.0432. The Hall–Kier alpha value is -4.18. The molecule has 0 radical (unpaired) electrons. The zero-order chi connectivity index (χ0) is 25.6. The Morgan fingerprint density at radius 1 is 0.886 bits per heavy atom. The molecule has 10 heteroatoms. The maximum absolute atomic E-state index is 12.8. The van der Waals surface area contributed by atoms with Crippen molar-refractivity contribution in [1.29, 1.82) is 0 Å². The number of ether oxygens (including phenoxy) is 2. The Kier molecular flexibility index (Phi) is 7.87. The Morgan fingerprint density at radius 3 is 2.23 bits per heavy atom. The first-order valence-corrected chi connectivity index (χ1v) is 12.0.